The van der Waals surface area contributed by atoms with Crippen LogP contribution in [0.2, 0.25) is 0 Å². The van der Waals surface area contributed by atoms with E-state index in [2.05, 4.69) is 49.2 Å². The van der Waals surface area contributed by atoms with E-state index < -0.39 is 0 Å². The fourth-order valence-electron chi connectivity index (χ4n) is 1.99. The molecule has 1 aromatic carbocycles. The Balaban J connectivity index is 2.42. The lowest BCUT2D eigenvalue weighted by Crippen LogP contribution is -2.23. The number of fused-ring (bicyclic) bond motifs is 1. The molecule has 0 radical (unpaired) electrons. The van der Waals surface area contributed by atoms with Gasteiger partial charge in [-0.3, -0.25) is 0 Å². The van der Waals surface area contributed by atoms with Gasteiger partial charge < -0.3 is 4.90 Å². The Bertz CT molecular complexity index is 384. The SMILES string of the molecule is Cc1ccc2c(c1)N(CCCl)C=CC2C. The molecule has 0 amide bonds. The molecule has 0 aliphatic carbocycles. The van der Waals surface area contributed by atoms with Crippen LogP contribution in [0.4, 0.5) is 5.69 Å². The smallest absolute Gasteiger partial charge is 0.0447 e. The number of benzene rings is 1. The predicted octanol–water partition coefficient (Wildman–Crippen LogP) is 3.67. The van der Waals surface area contributed by atoms with Crippen molar-refractivity contribution < 1.29 is 0 Å². The van der Waals surface area contributed by atoms with E-state index in [4.69, 9.17) is 11.6 Å². The van der Waals surface area contributed by atoms with Gasteiger partial charge in [0.25, 0.3) is 0 Å². The van der Waals surface area contributed by atoms with Gasteiger partial charge in [-0.05, 0) is 24.1 Å². The van der Waals surface area contributed by atoms with Crippen molar-refractivity contribution in [3.05, 3.63) is 41.6 Å². The first-order valence-electron chi connectivity index (χ1n) is 5.34. The highest BCUT2D eigenvalue weighted by Crippen LogP contribution is 2.33. The zero-order valence-electron chi connectivity index (χ0n) is 9.20. The summed E-state index contributed by atoms with van der Waals surface area (Å²) in [5.74, 6) is 1.17. The zero-order chi connectivity index (χ0) is 10.8. The Labute approximate surface area is 96.4 Å². The van der Waals surface area contributed by atoms with E-state index >= 15 is 0 Å². The Morgan fingerprint density at radius 2 is 2.20 bits per heavy atom. The average molecular weight is 222 g/mol. The van der Waals surface area contributed by atoms with Gasteiger partial charge in [0.1, 0.15) is 0 Å². The fourth-order valence-corrected chi connectivity index (χ4v) is 2.17. The highest BCUT2D eigenvalue weighted by Gasteiger charge is 2.16. The minimum absolute atomic E-state index is 0.507. The van der Waals surface area contributed by atoms with E-state index in [-0.39, 0.29) is 0 Å². The van der Waals surface area contributed by atoms with Gasteiger partial charge in [-0.1, -0.05) is 25.1 Å². The van der Waals surface area contributed by atoms with Crippen LogP contribution in [0.25, 0.3) is 0 Å². The predicted molar refractivity (Wildman–Crippen MR) is 66.8 cm³/mol. The van der Waals surface area contributed by atoms with Crippen molar-refractivity contribution in [3.8, 4) is 0 Å². The second kappa shape index (κ2) is 4.28. The van der Waals surface area contributed by atoms with E-state index in [0.29, 0.717) is 11.8 Å². The monoisotopic (exact) mass is 221 g/mol. The number of aryl methyl sites for hydroxylation is 1. The van der Waals surface area contributed by atoms with Crippen molar-refractivity contribution >= 4 is 17.3 Å². The number of allylic oxidation sites excluding steroid dienone is 1. The second-order valence-corrected chi connectivity index (χ2v) is 4.45. The van der Waals surface area contributed by atoms with Gasteiger partial charge in [-0.2, -0.15) is 0 Å². The Morgan fingerprint density at radius 3 is 2.93 bits per heavy atom. The van der Waals surface area contributed by atoms with E-state index in [9.17, 15) is 0 Å². The lowest BCUT2D eigenvalue weighted by atomic mass is 9.94. The van der Waals surface area contributed by atoms with Gasteiger partial charge in [0, 0.05) is 30.2 Å². The number of halogens is 1. The van der Waals surface area contributed by atoms with Gasteiger partial charge in [0.15, 0.2) is 0 Å². The molecule has 1 heterocycles. The third-order valence-electron chi connectivity index (χ3n) is 2.87. The van der Waals surface area contributed by atoms with Gasteiger partial charge in [-0.15, -0.1) is 11.6 Å². The maximum absolute atomic E-state index is 5.80. The number of anilines is 1. The molecule has 0 N–H and O–H groups in total. The highest BCUT2D eigenvalue weighted by atomic mass is 35.5. The van der Waals surface area contributed by atoms with Crippen LogP contribution >= 0.6 is 11.6 Å². The zero-order valence-corrected chi connectivity index (χ0v) is 9.96. The van der Waals surface area contributed by atoms with Crippen molar-refractivity contribution in [2.45, 2.75) is 19.8 Å². The molecular formula is C13H16ClN. The molecule has 2 rings (SSSR count). The topological polar surface area (TPSA) is 3.24 Å². The maximum atomic E-state index is 5.80. The first-order valence-corrected chi connectivity index (χ1v) is 5.87. The summed E-state index contributed by atoms with van der Waals surface area (Å²) in [5, 5.41) is 0. The molecule has 2 heteroatoms. The van der Waals surface area contributed by atoms with Crippen LogP contribution in [0, 0.1) is 6.92 Å². The summed E-state index contributed by atoms with van der Waals surface area (Å²) in [7, 11) is 0. The summed E-state index contributed by atoms with van der Waals surface area (Å²) >= 11 is 5.80. The summed E-state index contributed by atoms with van der Waals surface area (Å²) in [6.07, 6.45) is 4.37. The van der Waals surface area contributed by atoms with Crippen LogP contribution in [0.15, 0.2) is 30.5 Å². The number of hydrogen-bond acceptors (Lipinski definition) is 1. The second-order valence-electron chi connectivity index (χ2n) is 4.07. The maximum Gasteiger partial charge on any atom is 0.0447 e. The van der Waals surface area contributed by atoms with E-state index in [1.807, 2.05) is 0 Å². The minimum Gasteiger partial charge on any atom is -0.347 e. The van der Waals surface area contributed by atoms with Crippen LogP contribution < -0.4 is 4.90 Å². The molecule has 80 valence electrons. The molecule has 1 unspecified atom stereocenters. The summed E-state index contributed by atoms with van der Waals surface area (Å²) in [5.41, 5.74) is 4.01. The van der Waals surface area contributed by atoms with Crippen molar-refractivity contribution in [3.63, 3.8) is 0 Å². The molecule has 1 nitrogen and oxygen atoms in total. The Morgan fingerprint density at radius 1 is 1.40 bits per heavy atom. The molecule has 1 aliphatic rings. The quantitative estimate of drug-likeness (QED) is 0.689. The molecule has 15 heavy (non-hydrogen) atoms. The van der Waals surface area contributed by atoms with Crippen molar-refractivity contribution in [1.82, 2.24) is 0 Å². The van der Waals surface area contributed by atoms with Gasteiger partial charge in [-0.25, -0.2) is 0 Å². The van der Waals surface area contributed by atoms with E-state index in [1.54, 1.807) is 0 Å². The first kappa shape index (κ1) is 10.6. The largest absolute Gasteiger partial charge is 0.347 e. The number of alkyl halides is 1. The fraction of sp³-hybridized carbons (Fsp3) is 0.385. The molecule has 1 aliphatic heterocycles. The normalized spacial score (nSPS) is 19.1. The van der Waals surface area contributed by atoms with Crippen molar-refractivity contribution in [2.75, 3.05) is 17.3 Å². The number of hydrogen-bond donors (Lipinski definition) is 0. The molecule has 0 aromatic heterocycles. The molecule has 1 aromatic rings. The van der Waals surface area contributed by atoms with Crippen LogP contribution in [0.3, 0.4) is 0 Å². The highest BCUT2D eigenvalue weighted by molar-refractivity contribution is 6.18. The molecule has 0 fully saturated rings. The van der Waals surface area contributed by atoms with Crippen LogP contribution in [0.5, 0.6) is 0 Å². The lowest BCUT2D eigenvalue weighted by Gasteiger charge is -2.29. The summed E-state index contributed by atoms with van der Waals surface area (Å²) in [4.78, 5) is 2.23. The van der Waals surface area contributed by atoms with Crippen LogP contribution in [-0.4, -0.2) is 12.4 Å². The van der Waals surface area contributed by atoms with Crippen molar-refractivity contribution in [2.24, 2.45) is 0 Å². The molecular weight excluding hydrogens is 206 g/mol. The van der Waals surface area contributed by atoms with Gasteiger partial charge >= 0.3 is 0 Å². The van der Waals surface area contributed by atoms with Gasteiger partial charge in [0.2, 0.25) is 0 Å². The third kappa shape index (κ3) is 2.03. The average Bonchev–Trinajstić information content (AvgIpc) is 2.22. The molecule has 1 atom stereocenters. The van der Waals surface area contributed by atoms with E-state index in [1.165, 1.54) is 16.8 Å². The van der Waals surface area contributed by atoms with Crippen LogP contribution in [-0.2, 0) is 0 Å². The van der Waals surface area contributed by atoms with Crippen molar-refractivity contribution in [1.29, 1.82) is 0 Å². The lowest BCUT2D eigenvalue weighted by molar-refractivity contribution is 0.887. The first-order chi connectivity index (χ1) is 7.22. The number of nitrogens with zero attached hydrogens (tertiary/aromatic N) is 1. The van der Waals surface area contributed by atoms with Crippen LogP contribution in [0.1, 0.15) is 24.0 Å². The summed E-state index contributed by atoms with van der Waals surface area (Å²) < 4.78 is 0. The van der Waals surface area contributed by atoms with Gasteiger partial charge in [0.05, 0.1) is 0 Å². The number of rotatable bonds is 2. The molecule has 0 saturated heterocycles. The standard InChI is InChI=1S/C13H16ClN/c1-10-3-4-12-11(2)5-7-15(8-6-14)13(12)9-10/h3-5,7,9,11H,6,8H2,1-2H3. The summed E-state index contributed by atoms with van der Waals surface area (Å²) in [6.45, 7) is 5.23. The third-order valence-corrected chi connectivity index (χ3v) is 3.04. The van der Waals surface area contributed by atoms with E-state index in [0.717, 1.165) is 6.54 Å². The Kier molecular flexibility index (Phi) is 3.01. The summed E-state index contributed by atoms with van der Waals surface area (Å²) in [6, 6.07) is 6.63. The minimum atomic E-state index is 0.507. The molecule has 0 bridgehead atoms. The molecule has 0 saturated carbocycles. The molecule has 0 spiro atoms. The Hall–Kier alpha value is -0.950.